The van der Waals surface area contributed by atoms with E-state index >= 15 is 0 Å². The van der Waals surface area contributed by atoms with Crippen LogP contribution in [0.4, 0.5) is 0 Å². The molecule has 32 heavy (non-hydrogen) atoms. The second-order valence-corrected chi connectivity index (χ2v) is 10.3. The third-order valence-electron chi connectivity index (χ3n) is 4.73. The number of hydrogen-bond donors (Lipinski definition) is 2. The Kier molecular flexibility index (Phi) is 10.2. The molecule has 2 rings (SSSR count). The fourth-order valence-electron chi connectivity index (χ4n) is 2.80. The molecule has 2 N–H and O–H groups in total. The molecule has 5 nitrogen and oxygen atoms in total. The summed E-state index contributed by atoms with van der Waals surface area (Å²) in [6.45, 7) is 14.8. The molecule has 0 fully saturated rings. The van der Waals surface area contributed by atoms with Crippen molar-refractivity contribution >= 4 is 18.4 Å². The molecule has 1 atom stereocenters. The molecule has 0 aliphatic heterocycles. The Labute approximate surface area is 198 Å². The first-order valence-electron chi connectivity index (χ1n) is 10.8. The number of nitrogens with one attached hydrogen (secondary N) is 1. The minimum atomic E-state index is -0.736. The lowest BCUT2D eigenvalue weighted by Gasteiger charge is -2.23. The lowest BCUT2D eigenvalue weighted by atomic mass is 9.91. The average Bonchev–Trinajstić information content (AvgIpc) is 2.66. The number of carbonyl (C=O) groups excluding carboxylic acids is 1. The molecular weight excluding hydrogens is 426 g/mol. The van der Waals surface area contributed by atoms with Crippen molar-refractivity contribution in [3.63, 3.8) is 0 Å². The van der Waals surface area contributed by atoms with E-state index in [-0.39, 0.29) is 29.3 Å². The van der Waals surface area contributed by atoms with Gasteiger partial charge in [-0.25, -0.2) is 0 Å². The van der Waals surface area contributed by atoms with Crippen LogP contribution in [0, 0.1) is 12.3 Å². The topological polar surface area (TPSA) is 67.8 Å². The van der Waals surface area contributed by atoms with Crippen LogP contribution in [0.3, 0.4) is 0 Å². The van der Waals surface area contributed by atoms with E-state index in [0.29, 0.717) is 35.8 Å². The number of aryl methyl sites for hydroxylation is 1. The van der Waals surface area contributed by atoms with Gasteiger partial charge in [-0.3, -0.25) is 4.79 Å². The van der Waals surface area contributed by atoms with Crippen LogP contribution in [-0.2, 0) is 4.79 Å². The summed E-state index contributed by atoms with van der Waals surface area (Å²) in [7, 11) is 0. The molecule has 0 spiro atoms. The van der Waals surface area contributed by atoms with Crippen LogP contribution in [0.1, 0.15) is 71.6 Å². The fourth-order valence-corrected chi connectivity index (χ4v) is 2.80. The van der Waals surface area contributed by atoms with Crippen LogP contribution in [-0.4, -0.2) is 23.2 Å². The van der Waals surface area contributed by atoms with Crippen LogP contribution in [0.2, 0.25) is 0 Å². The number of esters is 1. The average molecular weight is 464 g/mol. The van der Waals surface area contributed by atoms with Crippen molar-refractivity contribution in [2.45, 2.75) is 73.0 Å². The van der Waals surface area contributed by atoms with Crippen LogP contribution in [0.5, 0.6) is 17.2 Å². The van der Waals surface area contributed by atoms with Gasteiger partial charge in [0.05, 0.1) is 6.10 Å². The first-order valence-corrected chi connectivity index (χ1v) is 10.8. The molecule has 0 aromatic heterocycles. The minimum Gasteiger partial charge on any atom is -0.453 e. The Hall–Kier alpha value is -2.08. The summed E-state index contributed by atoms with van der Waals surface area (Å²) < 4.78 is 11.7. The third kappa shape index (κ3) is 10.0. The van der Waals surface area contributed by atoms with E-state index in [1.165, 1.54) is 0 Å². The molecule has 0 heterocycles. The quantitative estimate of drug-likeness (QED) is 0.352. The Balaban J connectivity index is 0.00000512. The second-order valence-electron chi connectivity index (χ2n) is 10.3. The van der Waals surface area contributed by atoms with E-state index in [1.807, 2.05) is 52.0 Å². The van der Waals surface area contributed by atoms with Crippen molar-refractivity contribution in [3.05, 3.63) is 53.6 Å². The molecular formula is C26H38ClNO4. The summed E-state index contributed by atoms with van der Waals surface area (Å²) in [5, 5.41) is 13.9. The number of aliphatic hydroxyl groups is 1. The van der Waals surface area contributed by atoms with E-state index in [1.54, 1.807) is 18.2 Å². The van der Waals surface area contributed by atoms with Gasteiger partial charge in [-0.2, -0.15) is 0 Å². The summed E-state index contributed by atoms with van der Waals surface area (Å²) in [6.07, 6.45) is 0.295. The maximum absolute atomic E-state index is 12.5. The smallest absolute Gasteiger partial charge is 0.311 e. The van der Waals surface area contributed by atoms with Crippen molar-refractivity contribution in [2.24, 2.45) is 5.41 Å². The molecule has 1 unspecified atom stereocenters. The predicted molar refractivity (Wildman–Crippen MR) is 132 cm³/mol. The minimum absolute atomic E-state index is 0. The summed E-state index contributed by atoms with van der Waals surface area (Å²) in [5.74, 6) is 1.09. The number of rotatable bonds is 8. The van der Waals surface area contributed by atoms with Crippen LogP contribution < -0.4 is 14.8 Å². The standard InChI is InChI=1S/C26H37NO4.ClH/c1-18-8-11-20(12-9-18)30-22-13-10-19(21(28)17-27-26(5,6)7)16-23(22)31-24(29)14-15-25(2,3)4;/h8-13,16,21,27-28H,14-15,17H2,1-7H3;1H. The Morgan fingerprint density at radius 1 is 1.00 bits per heavy atom. The molecule has 0 amide bonds. The van der Waals surface area contributed by atoms with Crippen LogP contribution in [0.15, 0.2) is 42.5 Å². The van der Waals surface area contributed by atoms with E-state index < -0.39 is 6.10 Å². The Bertz CT molecular complexity index is 867. The van der Waals surface area contributed by atoms with Crippen molar-refractivity contribution in [3.8, 4) is 17.2 Å². The van der Waals surface area contributed by atoms with Crippen LogP contribution in [0.25, 0.3) is 0 Å². The Morgan fingerprint density at radius 3 is 2.19 bits per heavy atom. The van der Waals surface area contributed by atoms with Crippen molar-refractivity contribution in [2.75, 3.05) is 6.54 Å². The highest BCUT2D eigenvalue weighted by Crippen LogP contribution is 2.35. The number of benzene rings is 2. The zero-order valence-electron chi connectivity index (χ0n) is 20.3. The molecule has 0 aliphatic carbocycles. The summed E-state index contributed by atoms with van der Waals surface area (Å²) >= 11 is 0. The molecule has 0 saturated carbocycles. The molecule has 2 aromatic carbocycles. The van der Waals surface area contributed by atoms with Gasteiger partial charge in [0.25, 0.3) is 0 Å². The normalized spacial score (nSPS) is 12.6. The van der Waals surface area contributed by atoms with Crippen LogP contribution >= 0.6 is 12.4 Å². The van der Waals surface area contributed by atoms with E-state index in [2.05, 4.69) is 26.1 Å². The molecule has 178 valence electrons. The molecule has 0 aliphatic rings. The first-order chi connectivity index (χ1) is 14.3. The largest absolute Gasteiger partial charge is 0.453 e. The molecule has 6 heteroatoms. The monoisotopic (exact) mass is 463 g/mol. The first kappa shape index (κ1) is 28.0. The van der Waals surface area contributed by atoms with Gasteiger partial charge in [0.2, 0.25) is 0 Å². The van der Waals surface area contributed by atoms with E-state index in [4.69, 9.17) is 9.47 Å². The Morgan fingerprint density at radius 2 is 1.62 bits per heavy atom. The van der Waals surface area contributed by atoms with E-state index in [0.717, 1.165) is 12.0 Å². The number of β-amino-alcohol motifs (C(OH)–C–C–N with tert-alkyl or cyclic N) is 1. The summed E-state index contributed by atoms with van der Waals surface area (Å²) in [5.41, 5.74) is 1.71. The number of hydrogen-bond acceptors (Lipinski definition) is 5. The third-order valence-corrected chi connectivity index (χ3v) is 4.73. The molecule has 2 aromatic rings. The molecule has 0 saturated heterocycles. The molecule has 0 bridgehead atoms. The van der Waals surface area contributed by atoms with Gasteiger partial charge in [-0.15, -0.1) is 12.4 Å². The highest BCUT2D eigenvalue weighted by atomic mass is 35.5. The lowest BCUT2D eigenvalue weighted by Crippen LogP contribution is -2.38. The second kappa shape index (κ2) is 11.7. The number of ether oxygens (including phenoxy) is 2. The highest BCUT2D eigenvalue weighted by Gasteiger charge is 2.19. The lowest BCUT2D eigenvalue weighted by molar-refractivity contribution is -0.135. The van der Waals surface area contributed by atoms with Gasteiger partial charge < -0.3 is 19.9 Å². The zero-order valence-corrected chi connectivity index (χ0v) is 21.1. The van der Waals surface area contributed by atoms with Crippen molar-refractivity contribution < 1.29 is 19.4 Å². The molecule has 0 radical (unpaired) electrons. The van der Waals surface area contributed by atoms with Gasteiger partial charge in [0, 0.05) is 18.5 Å². The number of halogens is 1. The number of carbonyl (C=O) groups is 1. The fraction of sp³-hybridized carbons (Fsp3) is 0.500. The summed E-state index contributed by atoms with van der Waals surface area (Å²) in [4.78, 5) is 12.5. The van der Waals surface area contributed by atoms with Gasteiger partial charge in [0.1, 0.15) is 5.75 Å². The van der Waals surface area contributed by atoms with Crippen molar-refractivity contribution in [1.29, 1.82) is 0 Å². The maximum Gasteiger partial charge on any atom is 0.311 e. The van der Waals surface area contributed by atoms with Gasteiger partial charge in [-0.1, -0.05) is 44.5 Å². The van der Waals surface area contributed by atoms with Crippen molar-refractivity contribution in [1.82, 2.24) is 5.32 Å². The summed E-state index contributed by atoms with van der Waals surface area (Å²) in [6, 6.07) is 12.9. The highest BCUT2D eigenvalue weighted by molar-refractivity contribution is 5.85. The number of aliphatic hydroxyl groups excluding tert-OH is 1. The van der Waals surface area contributed by atoms with Gasteiger partial charge in [0.15, 0.2) is 11.5 Å². The van der Waals surface area contributed by atoms with Gasteiger partial charge >= 0.3 is 5.97 Å². The SMILES string of the molecule is Cc1ccc(Oc2ccc(C(O)CNC(C)(C)C)cc2OC(=O)CCC(C)(C)C)cc1.Cl. The van der Waals surface area contributed by atoms with E-state index in [9.17, 15) is 9.90 Å². The van der Waals surface area contributed by atoms with Gasteiger partial charge in [-0.05, 0) is 69.4 Å². The zero-order chi connectivity index (χ0) is 23.2. The maximum atomic E-state index is 12.5. The predicted octanol–water partition coefficient (Wildman–Crippen LogP) is 6.36.